The van der Waals surface area contributed by atoms with Crippen molar-refractivity contribution in [2.24, 2.45) is 0 Å². The van der Waals surface area contributed by atoms with E-state index in [0.717, 1.165) is 0 Å². The van der Waals surface area contributed by atoms with Crippen molar-refractivity contribution in [2.45, 2.75) is 20.3 Å². The van der Waals surface area contributed by atoms with Gasteiger partial charge in [-0.1, -0.05) is 6.92 Å². The molecule has 5 nitrogen and oxygen atoms in total. The van der Waals surface area contributed by atoms with Gasteiger partial charge in [-0.15, -0.1) is 0 Å². The topological polar surface area (TPSA) is 80.7 Å². The van der Waals surface area contributed by atoms with Crippen LogP contribution in [0.15, 0.2) is 11.0 Å². The van der Waals surface area contributed by atoms with Crippen molar-refractivity contribution < 1.29 is 53.5 Å². The van der Waals surface area contributed by atoms with Gasteiger partial charge in [0.1, 0.15) is 0 Å². The van der Waals surface area contributed by atoms with E-state index in [2.05, 4.69) is 4.18 Å². The van der Waals surface area contributed by atoms with Crippen LogP contribution in [0.25, 0.3) is 0 Å². The quantitative estimate of drug-likeness (QED) is 0.332. The number of carboxylic acid groups (broad SMARTS) is 1. The molecule has 0 radical (unpaired) electrons. The van der Waals surface area contributed by atoms with Crippen molar-refractivity contribution in [3.8, 4) is 0 Å². The minimum atomic E-state index is -3.83. The summed E-state index contributed by atoms with van der Waals surface area (Å²) in [6.45, 7) is 3.00. The molecule has 0 aliphatic carbocycles. The van der Waals surface area contributed by atoms with E-state index in [1.54, 1.807) is 6.92 Å². The van der Waals surface area contributed by atoms with E-state index in [4.69, 9.17) is 5.11 Å². The summed E-state index contributed by atoms with van der Waals surface area (Å²) in [5.74, 6) is -1.27. The maximum absolute atomic E-state index is 10.9. The number of hydrogen-bond donors (Lipinski definition) is 1. The minimum absolute atomic E-state index is 0. The molecule has 0 heterocycles. The zero-order valence-corrected chi connectivity index (χ0v) is 11.3. The SMILES string of the molecule is CCCOS(=O)(=O)C=C(C)C(=O)O.[H-].[Na+]. The predicted molar refractivity (Wildman–Crippen MR) is 47.7 cm³/mol. The summed E-state index contributed by atoms with van der Waals surface area (Å²) in [5.41, 5.74) is -0.267. The van der Waals surface area contributed by atoms with Gasteiger partial charge in [-0.05, 0) is 13.3 Å². The van der Waals surface area contributed by atoms with Gasteiger partial charge in [-0.2, -0.15) is 8.42 Å². The molecular weight excluding hydrogens is 219 g/mol. The van der Waals surface area contributed by atoms with Gasteiger partial charge in [0.05, 0.1) is 12.0 Å². The fraction of sp³-hybridized carbons (Fsp3) is 0.571. The van der Waals surface area contributed by atoms with Gasteiger partial charge in [0, 0.05) is 5.57 Å². The van der Waals surface area contributed by atoms with Crippen LogP contribution >= 0.6 is 0 Å². The molecule has 1 N–H and O–H groups in total. The molecule has 0 atom stereocenters. The molecule has 0 saturated heterocycles. The van der Waals surface area contributed by atoms with E-state index >= 15 is 0 Å². The molecule has 7 heteroatoms. The molecule has 0 unspecified atom stereocenters. The summed E-state index contributed by atoms with van der Waals surface area (Å²) in [4.78, 5) is 10.3. The molecule has 0 fully saturated rings. The average Bonchev–Trinajstić information content (AvgIpc) is 2.00. The molecule has 0 aromatic heterocycles. The fourth-order valence-corrected chi connectivity index (χ4v) is 1.50. The van der Waals surface area contributed by atoms with Crippen molar-refractivity contribution in [3.63, 3.8) is 0 Å². The number of rotatable bonds is 5. The van der Waals surface area contributed by atoms with Crippen LogP contribution in [-0.2, 0) is 19.1 Å². The Labute approximate surface area is 107 Å². The first kappa shape index (κ1) is 16.5. The molecular formula is C7H13NaO5S. The van der Waals surface area contributed by atoms with Gasteiger partial charge in [0.15, 0.2) is 0 Å². The second kappa shape index (κ2) is 7.42. The van der Waals surface area contributed by atoms with Crippen LogP contribution in [0, 0.1) is 0 Å². The zero-order chi connectivity index (χ0) is 10.5. The summed E-state index contributed by atoms with van der Waals surface area (Å²) in [6.07, 6.45) is 0.555. The average molecular weight is 232 g/mol. The van der Waals surface area contributed by atoms with E-state index in [0.29, 0.717) is 11.8 Å². The Morgan fingerprint density at radius 1 is 1.57 bits per heavy atom. The van der Waals surface area contributed by atoms with Crippen LogP contribution in [0.5, 0.6) is 0 Å². The van der Waals surface area contributed by atoms with Crippen LogP contribution in [0.1, 0.15) is 21.7 Å². The van der Waals surface area contributed by atoms with Crippen LogP contribution in [0.4, 0.5) is 0 Å². The van der Waals surface area contributed by atoms with Gasteiger partial charge >= 0.3 is 35.5 Å². The zero-order valence-electron chi connectivity index (χ0n) is 9.48. The maximum Gasteiger partial charge on any atom is 1.00 e. The monoisotopic (exact) mass is 232 g/mol. The first-order chi connectivity index (χ1) is 5.89. The number of carbonyl (C=O) groups is 1. The third kappa shape index (κ3) is 7.52. The van der Waals surface area contributed by atoms with Gasteiger partial charge in [-0.25, -0.2) is 4.79 Å². The van der Waals surface area contributed by atoms with Gasteiger partial charge in [0.25, 0.3) is 10.1 Å². The minimum Gasteiger partial charge on any atom is -1.00 e. The van der Waals surface area contributed by atoms with Gasteiger partial charge in [0.2, 0.25) is 0 Å². The van der Waals surface area contributed by atoms with Crippen LogP contribution < -0.4 is 29.6 Å². The molecule has 0 aromatic rings. The normalized spacial score (nSPS) is 12.0. The van der Waals surface area contributed by atoms with E-state index in [1.807, 2.05) is 0 Å². The third-order valence-corrected chi connectivity index (χ3v) is 2.25. The van der Waals surface area contributed by atoms with E-state index in [-0.39, 0.29) is 43.2 Å². The van der Waals surface area contributed by atoms with E-state index in [9.17, 15) is 13.2 Å². The molecule has 78 valence electrons. The predicted octanol–water partition coefficient (Wildman–Crippen LogP) is -2.15. The summed E-state index contributed by atoms with van der Waals surface area (Å²) < 4.78 is 26.3. The van der Waals surface area contributed by atoms with E-state index in [1.165, 1.54) is 6.92 Å². The Hall–Kier alpha value is 0.120. The number of hydrogen-bond acceptors (Lipinski definition) is 4. The van der Waals surface area contributed by atoms with Crippen LogP contribution in [-0.4, -0.2) is 26.1 Å². The first-order valence-corrected chi connectivity index (χ1v) is 5.17. The van der Waals surface area contributed by atoms with E-state index < -0.39 is 16.1 Å². The molecule has 0 spiro atoms. The molecule has 0 aliphatic heterocycles. The third-order valence-electron chi connectivity index (χ3n) is 1.11. The molecule has 0 rings (SSSR count). The molecule has 0 saturated carbocycles. The molecule has 0 aliphatic rings. The van der Waals surface area contributed by atoms with Crippen molar-refractivity contribution in [2.75, 3.05) is 6.61 Å². The molecule has 0 amide bonds. The Bertz CT molecular complexity index is 311. The first-order valence-electron chi connectivity index (χ1n) is 3.70. The standard InChI is InChI=1S/C7H12O5S.Na.H/c1-3-4-12-13(10,11)5-6(2)7(8)9;;/h5H,3-4H2,1-2H3,(H,8,9);;/q;+1;-1. The molecule has 0 aromatic carbocycles. The molecule has 0 bridgehead atoms. The Morgan fingerprint density at radius 3 is 2.43 bits per heavy atom. The fourth-order valence-electron chi connectivity index (χ4n) is 0.500. The number of aliphatic carboxylic acids is 1. The smallest absolute Gasteiger partial charge is 1.00 e. The molecule has 14 heavy (non-hydrogen) atoms. The number of carboxylic acids is 1. The van der Waals surface area contributed by atoms with Crippen LogP contribution in [0.2, 0.25) is 0 Å². The maximum atomic E-state index is 10.9. The van der Waals surface area contributed by atoms with Crippen molar-refractivity contribution >= 4 is 16.1 Å². The largest absolute Gasteiger partial charge is 1.00 e. The Morgan fingerprint density at radius 2 is 2.07 bits per heavy atom. The second-order valence-electron chi connectivity index (χ2n) is 2.42. The van der Waals surface area contributed by atoms with Gasteiger partial charge < -0.3 is 6.53 Å². The summed E-state index contributed by atoms with van der Waals surface area (Å²) in [7, 11) is -3.83. The Kier molecular flexibility index (Phi) is 8.77. The summed E-state index contributed by atoms with van der Waals surface area (Å²) in [6, 6.07) is 0. The van der Waals surface area contributed by atoms with Crippen molar-refractivity contribution in [1.29, 1.82) is 0 Å². The van der Waals surface area contributed by atoms with Crippen LogP contribution in [0.3, 0.4) is 0 Å². The van der Waals surface area contributed by atoms with Crippen molar-refractivity contribution in [1.82, 2.24) is 0 Å². The summed E-state index contributed by atoms with van der Waals surface area (Å²) >= 11 is 0. The van der Waals surface area contributed by atoms with Gasteiger partial charge in [-0.3, -0.25) is 4.18 Å². The Balaban J connectivity index is -0.000000720. The second-order valence-corrected chi connectivity index (χ2v) is 3.88. The van der Waals surface area contributed by atoms with Crippen molar-refractivity contribution in [3.05, 3.63) is 11.0 Å². The summed E-state index contributed by atoms with van der Waals surface area (Å²) in [5, 5.41) is 8.98.